The molecular formula is C17H24O4. The van der Waals surface area contributed by atoms with Gasteiger partial charge in [0.1, 0.15) is 5.75 Å². The summed E-state index contributed by atoms with van der Waals surface area (Å²) < 4.78 is 23.0. The van der Waals surface area contributed by atoms with Crippen LogP contribution in [0.15, 0.2) is 30.3 Å². The minimum atomic E-state index is -0.281. The van der Waals surface area contributed by atoms with Crippen molar-refractivity contribution < 1.29 is 18.9 Å². The van der Waals surface area contributed by atoms with E-state index in [1.807, 2.05) is 30.3 Å². The highest BCUT2D eigenvalue weighted by molar-refractivity contribution is 5.20. The standard InChI is InChI=1S/C17H24O4/c1-2-5-15(6-3-1)18-11-4-12-19-16-7-9-17(10-8-16)20-13-14-21-17/h1-3,5-6,16H,4,7-14H2. The molecule has 21 heavy (non-hydrogen) atoms. The monoisotopic (exact) mass is 292 g/mol. The van der Waals surface area contributed by atoms with Gasteiger partial charge in [0.25, 0.3) is 0 Å². The number of rotatable bonds is 6. The lowest BCUT2D eigenvalue weighted by molar-refractivity contribution is -0.191. The number of benzene rings is 1. The molecule has 1 saturated carbocycles. The molecule has 4 nitrogen and oxygen atoms in total. The largest absolute Gasteiger partial charge is 0.494 e. The van der Waals surface area contributed by atoms with Crippen molar-refractivity contribution in [1.82, 2.24) is 0 Å². The molecule has 0 bridgehead atoms. The van der Waals surface area contributed by atoms with Gasteiger partial charge in [0.05, 0.1) is 32.5 Å². The van der Waals surface area contributed by atoms with E-state index in [9.17, 15) is 0 Å². The third-order valence-corrected chi connectivity index (χ3v) is 4.16. The summed E-state index contributed by atoms with van der Waals surface area (Å²) in [5, 5.41) is 0. The summed E-state index contributed by atoms with van der Waals surface area (Å²) in [5.74, 6) is 0.642. The smallest absolute Gasteiger partial charge is 0.168 e. The quantitative estimate of drug-likeness (QED) is 0.755. The second-order valence-electron chi connectivity index (χ2n) is 5.69. The van der Waals surface area contributed by atoms with Crippen molar-refractivity contribution in [2.75, 3.05) is 26.4 Å². The highest BCUT2D eigenvalue weighted by Gasteiger charge is 2.40. The van der Waals surface area contributed by atoms with Gasteiger partial charge < -0.3 is 18.9 Å². The minimum absolute atomic E-state index is 0.281. The Balaban J connectivity index is 1.27. The van der Waals surface area contributed by atoms with Gasteiger partial charge in [-0.05, 0) is 25.0 Å². The lowest BCUT2D eigenvalue weighted by Crippen LogP contribution is -2.37. The van der Waals surface area contributed by atoms with Crippen LogP contribution < -0.4 is 4.74 Å². The van der Waals surface area contributed by atoms with E-state index in [4.69, 9.17) is 18.9 Å². The Bertz CT molecular complexity index is 404. The van der Waals surface area contributed by atoms with E-state index >= 15 is 0 Å². The van der Waals surface area contributed by atoms with Crippen LogP contribution in [-0.4, -0.2) is 38.3 Å². The molecule has 1 aliphatic heterocycles. The maximum Gasteiger partial charge on any atom is 0.168 e. The Hall–Kier alpha value is -1.10. The summed E-state index contributed by atoms with van der Waals surface area (Å²) in [6, 6.07) is 9.91. The first-order valence-corrected chi connectivity index (χ1v) is 7.94. The fraction of sp³-hybridized carbons (Fsp3) is 0.647. The van der Waals surface area contributed by atoms with Gasteiger partial charge in [0.2, 0.25) is 0 Å². The molecule has 0 aromatic heterocycles. The van der Waals surface area contributed by atoms with Crippen LogP contribution in [0, 0.1) is 0 Å². The van der Waals surface area contributed by atoms with Gasteiger partial charge in [0, 0.05) is 19.3 Å². The molecule has 0 radical (unpaired) electrons. The predicted molar refractivity (Wildman–Crippen MR) is 79.4 cm³/mol. The van der Waals surface area contributed by atoms with Crippen LogP contribution in [0.25, 0.3) is 0 Å². The average molecular weight is 292 g/mol. The summed E-state index contributed by atoms with van der Waals surface area (Å²) >= 11 is 0. The van der Waals surface area contributed by atoms with Crippen molar-refractivity contribution in [2.24, 2.45) is 0 Å². The summed E-state index contributed by atoms with van der Waals surface area (Å²) in [5.41, 5.74) is 0. The molecule has 0 amide bonds. The molecule has 116 valence electrons. The SMILES string of the molecule is c1ccc(OCCCOC2CCC3(CC2)OCCO3)cc1. The Morgan fingerprint density at radius 2 is 1.71 bits per heavy atom. The van der Waals surface area contributed by atoms with Crippen LogP contribution in [0.5, 0.6) is 5.75 Å². The van der Waals surface area contributed by atoms with Gasteiger partial charge in [0.15, 0.2) is 5.79 Å². The lowest BCUT2D eigenvalue weighted by Gasteiger charge is -2.35. The molecule has 1 saturated heterocycles. The van der Waals surface area contributed by atoms with Crippen LogP contribution >= 0.6 is 0 Å². The van der Waals surface area contributed by atoms with Crippen molar-refractivity contribution in [3.63, 3.8) is 0 Å². The van der Waals surface area contributed by atoms with Crippen LogP contribution in [0.3, 0.4) is 0 Å². The number of hydrogen-bond donors (Lipinski definition) is 0. The van der Waals surface area contributed by atoms with E-state index in [2.05, 4.69) is 0 Å². The highest BCUT2D eigenvalue weighted by Crippen LogP contribution is 2.36. The van der Waals surface area contributed by atoms with E-state index in [1.54, 1.807) is 0 Å². The third kappa shape index (κ3) is 4.19. The van der Waals surface area contributed by atoms with Crippen molar-refractivity contribution in [2.45, 2.75) is 44.0 Å². The Morgan fingerprint density at radius 1 is 1.00 bits per heavy atom. The van der Waals surface area contributed by atoms with Crippen LogP contribution in [-0.2, 0) is 14.2 Å². The molecule has 0 atom stereocenters. The van der Waals surface area contributed by atoms with Gasteiger partial charge in [-0.3, -0.25) is 0 Å². The zero-order chi connectivity index (χ0) is 14.4. The molecule has 1 aromatic rings. The third-order valence-electron chi connectivity index (χ3n) is 4.16. The minimum Gasteiger partial charge on any atom is -0.494 e. The Labute approximate surface area is 126 Å². The van der Waals surface area contributed by atoms with Crippen LogP contribution in [0.4, 0.5) is 0 Å². The van der Waals surface area contributed by atoms with Crippen molar-refractivity contribution in [3.05, 3.63) is 30.3 Å². The molecule has 0 N–H and O–H groups in total. The zero-order valence-corrected chi connectivity index (χ0v) is 12.5. The van der Waals surface area contributed by atoms with Gasteiger partial charge in [-0.15, -0.1) is 0 Å². The second kappa shape index (κ2) is 7.25. The van der Waals surface area contributed by atoms with Crippen LogP contribution in [0.2, 0.25) is 0 Å². The fourth-order valence-electron chi connectivity index (χ4n) is 3.00. The van der Waals surface area contributed by atoms with E-state index in [0.717, 1.165) is 57.7 Å². The molecular weight excluding hydrogens is 268 g/mol. The molecule has 1 aliphatic carbocycles. The number of ether oxygens (including phenoxy) is 4. The van der Waals surface area contributed by atoms with E-state index in [0.29, 0.717) is 12.7 Å². The molecule has 1 heterocycles. The second-order valence-corrected chi connectivity index (χ2v) is 5.69. The summed E-state index contributed by atoms with van der Waals surface area (Å²) in [6.45, 7) is 2.93. The van der Waals surface area contributed by atoms with Crippen molar-refractivity contribution in [3.8, 4) is 5.75 Å². The van der Waals surface area contributed by atoms with Gasteiger partial charge in [-0.2, -0.15) is 0 Å². The fourth-order valence-corrected chi connectivity index (χ4v) is 3.00. The Morgan fingerprint density at radius 3 is 2.43 bits per heavy atom. The lowest BCUT2D eigenvalue weighted by atomic mass is 9.92. The van der Waals surface area contributed by atoms with Crippen molar-refractivity contribution in [1.29, 1.82) is 0 Å². The predicted octanol–water partition coefficient (Wildman–Crippen LogP) is 3.16. The molecule has 4 heteroatoms. The van der Waals surface area contributed by atoms with E-state index in [-0.39, 0.29) is 5.79 Å². The highest BCUT2D eigenvalue weighted by atomic mass is 16.7. The summed E-state index contributed by atoms with van der Waals surface area (Å²) in [7, 11) is 0. The van der Waals surface area contributed by atoms with Gasteiger partial charge in [-0.25, -0.2) is 0 Å². The number of para-hydroxylation sites is 1. The normalized spacial score (nSPS) is 21.7. The first-order valence-electron chi connectivity index (χ1n) is 7.94. The first-order chi connectivity index (χ1) is 10.4. The summed E-state index contributed by atoms with van der Waals surface area (Å²) in [4.78, 5) is 0. The first kappa shape index (κ1) is 14.8. The molecule has 1 spiro atoms. The zero-order valence-electron chi connectivity index (χ0n) is 12.5. The molecule has 1 aromatic carbocycles. The maximum absolute atomic E-state index is 5.93. The Kier molecular flexibility index (Phi) is 5.12. The molecule has 3 rings (SSSR count). The maximum atomic E-state index is 5.93. The van der Waals surface area contributed by atoms with Gasteiger partial charge in [-0.1, -0.05) is 18.2 Å². The van der Waals surface area contributed by atoms with Crippen LogP contribution in [0.1, 0.15) is 32.1 Å². The molecule has 0 unspecified atom stereocenters. The van der Waals surface area contributed by atoms with Gasteiger partial charge >= 0.3 is 0 Å². The summed E-state index contributed by atoms with van der Waals surface area (Å²) in [6.07, 6.45) is 5.24. The van der Waals surface area contributed by atoms with E-state index in [1.165, 1.54) is 0 Å². The average Bonchev–Trinajstić information content (AvgIpc) is 2.98. The topological polar surface area (TPSA) is 36.9 Å². The number of hydrogen-bond acceptors (Lipinski definition) is 4. The van der Waals surface area contributed by atoms with Crippen molar-refractivity contribution >= 4 is 0 Å². The molecule has 2 aliphatic rings. The molecule has 2 fully saturated rings. The van der Waals surface area contributed by atoms with E-state index < -0.39 is 0 Å².